The summed E-state index contributed by atoms with van der Waals surface area (Å²) in [6, 6.07) is 19.7. The molecule has 142 valence electrons. The lowest BCUT2D eigenvalue weighted by Crippen LogP contribution is -2.12. The predicted molar refractivity (Wildman–Crippen MR) is 106 cm³/mol. The highest BCUT2D eigenvalue weighted by Crippen LogP contribution is 2.23. The second-order valence-electron chi connectivity index (χ2n) is 6.43. The lowest BCUT2D eigenvalue weighted by atomic mass is 10.1. The van der Waals surface area contributed by atoms with Crippen molar-refractivity contribution in [2.45, 2.75) is 20.0 Å². The Morgan fingerprint density at radius 2 is 1.61 bits per heavy atom. The Bertz CT molecular complexity index is 981. The molecule has 0 bridgehead atoms. The highest BCUT2D eigenvalue weighted by atomic mass is 19.1. The standard InChI is InChI=1S/C23H20FNO3/c1-15(26)17-8-12-21(13-9-17)25-23(27)19-4-3-5-22(14-19)28-16(2)18-6-10-20(24)11-7-18/h3-14,16H,1-2H3,(H,25,27)/t16-/m0/s1. The molecule has 1 N–H and O–H groups in total. The minimum atomic E-state index is -0.300. The number of hydrogen-bond acceptors (Lipinski definition) is 3. The first kappa shape index (κ1) is 19.3. The molecule has 0 aliphatic heterocycles. The van der Waals surface area contributed by atoms with Gasteiger partial charge in [-0.1, -0.05) is 18.2 Å². The number of Topliss-reactive ketones (excluding diaryl/α,β-unsaturated/α-hetero) is 1. The molecule has 0 radical (unpaired) electrons. The molecule has 3 rings (SSSR count). The van der Waals surface area contributed by atoms with Gasteiger partial charge in [0.15, 0.2) is 5.78 Å². The maximum absolute atomic E-state index is 13.1. The van der Waals surface area contributed by atoms with Crippen molar-refractivity contribution in [3.05, 3.63) is 95.3 Å². The van der Waals surface area contributed by atoms with Gasteiger partial charge < -0.3 is 10.1 Å². The van der Waals surface area contributed by atoms with E-state index in [2.05, 4.69) is 5.32 Å². The van der Waals surface area contributed by atoms with Crippen molar-refractivity contribution >= 4 is 17.4 Å². The minimum absolute atomic E-state index is 0.0296. The second-order valence-corrected chi connectivity index (χ2v) is 6.43. The lowest BCUT2D eigenvalue weighted by molar-refractivity contribution is 0.101. The first-order chi connectivity index (χ1) is 13.4. The van der Waals surface area contributed by atoms with Crippen LogP contribution in [0, 0.1) is 5.82 Å². The Morgan fingerprint density at radius 1 is 0.929 bits per heavy atom. The van der Waals surface area contributed by atoms with Crippen LogP contribution < -0.4 is 10.1 Å². The minimum Gasteiger partial charge on any atom is -0.486 e. The van der Waals surface area contributed by atoms with Crippen LogP contribution in [0.4, 0.5) is 10.1 Å². The number of rotatable bonds is 6. The van der Waals surface area contributed by atoms with Crippen molar-refractivity contribution in [2.24, 2.45) is 0 Å². The van der Waals surface area contributed by atoms with Crippen LogP contribution in [-0.2, 0) is 0 Å². The van der Waals surface area contributed by atoms with E-state index in [0.29, 0.717) is 22.6 Å². The summed E-state index contributed by atoms with van der Waals surface area (Å²) in [5, 5.41) is 2.80. The molecule has 28 heavy (non-hydrogen) atoms. The summed E-state index contributed by atoms with van der Waals surface area (Å²) >= 11 is 0. The molecule has 5 heteroatoms. The van der Waals surface area contributed by atoms with Crippen molar-refractivity contribution in [2.75, 3.05) is 5.32 Å². The highest BCUT2D eigenvalue weighted by Gasteiger charge is 2.11. The Balaban J connectivity index is 1.68. The third-order valence-electron chi connectivity index (χ3n) is 4.30. The Kier molecular flexibility index (Phi) is 5.84. The fourth-order valence-electron chi connectivity index (χ4n) is 2.71. The van der Waals surface area contributed by atoms with Gasteiger partial charge in [-0.25, -0.2) is 4.39 Å². The molecule has 1 atom stereocenters. The molecule has 4 nitrogen and oxygen atoms in total. The van der Waals surface area contributed by atoms with Crippen LogP contribution in [0.5, 0.6) is 5.75 Å². The van der Waals surface area contributed by atoms with E-state index >= 15 is 0 Å². The fraction of sp³-hybridized carbons (Fsp3) is 0.130. The van der Waals surface area contributed by atoms with Crippen LogP contribution >= 0.6 is 0 Å². The van der Waals surface area contributed by atoms with E-state index < -0.39 is 0 Å². The summed E-state index contributed by atoms with van der Waals surface area (Å²) in [5.41, 5.74) is 2.46. The second kappa shape index (κ2) is 8.48. The van der Waals surface area contributed by atoms with E-state index in [1.165, 1.54) is 19.1 Å². The van der Waals surface area contributed by atoms with Gasteiger partial charge in [0.25, 0.3) is 5.91 Å². The van der Waals surface area contributed by atoms with Gasteiger partial charge in [-0.05, 0) is 74.0 Å². The summed E-state index contributed by atoms with van der Waals surface area (Å²) in [6.07, 6.45) is -0.293. The number of anilines is 1. The number of nitrogens with one attached hydrogen (secondary N) is 1. The maximum atomic E-state index is 13.1. The van der Waals surface area contributed by atoms with Crippen molar-refractivity contribution in [1.82, 2.24) is 0 Å². The van der Waals surface area contributed by atoms with Crippen molar-refractivity contribution < 1.29 is 18.7 Å². The van der Waals surface area contributed by atoms with Crippen LogP contribution in [0.15, 0.2) is 72.8 Å². The summed E-state index contributed by atoms with van der Waals surface area (Å²) in [7, 11) is 0. The van der Waals surface area contributed by atoms with Gasteiger partial charge in [0.05, 0.1) is 0 Å². The van der Waals surface area contributed by atoms with Crippen LogP contribution in [0.2, 0.25) is 0 Å². The molecule has 3 aromatic rings. The number of carbonyl (C=O) groups excluding carboxylic acids is 2. The summed E-state index contributed by atoms with van der Waals surface area (Å²) in [5.74, 6) is -0.0733. The highest BCUT2D eigenvalue weighted by molar-refractivity contribution is 6.04. The normalized spacial score (nSPS) is 11.5. The Hall–Kier alpha value is -3.47. The quantitative estimate of drug-likeness (QED) is 0.584. The lowest BCUT2D eigenvalue weighted by Gasteiger charge is -2.16. The van der Waals surface area contributed by atoms with E-state index in [0.717, 1.165) is 5.56 Å². The molecule has 1 amide bonds. The first-order valence-electron chi connectivity index (χ1n) is 8.87. The first-order valence-corrected chi connectivity index (χ1v) is 8.87. The number of hydrogen-bond donors (Lipinski definition) is 1. The molecule has 0 aliphatic carbocycles. The zero-order valence-corrected chi connectivity index (χ0v) is 15.6. The number of carbonyl (C=O) groups is 2. The topological polar surface area (TPSA) is 55.4 Å². The molecule has 0 fully saturated rings. The van der Waals surface area contributed by atoms with Gasteiger partial charge in [0.1, 0.15) is 17.7 Å². The van der Waals surface area contributed by atoms with E-state index in [1.807, 2.05) is 6.92 Å². The summed E-state index contributed by atoms with van der Waals surface area (Å²) in [4.78, 5) is 23.8. The van der Waals surface area contributed by atoms with Gasteiger partial charge in [-0.2, -0.15) is 0 Å². The molecule has 0 saturated carbocycles. The average Bonchev–Trinajstić information content (AvgIpc) is 2.69. The molecular weight excluding hydrogens is 357 g/mol. The monoisotopic (exact) mass is 377 g/mol. The van der Waals surface area contributed by atoms with Crippen LogP contribution in [0.25, 0.3) is 0 Å². The molecule has 0 spiro atoms. The maximum Gasteiger partial charge on any atom is 0.255 e. The average molecular weight is 377 g/mol. The van der Waals surface area contributed by atoms with Gasteiger partial charge in [-0.15, -0.1) is 0 Å². The molecule has 0 aromatic heterocycles. The number of halogens is 1. The van der Waals surface area contributed by atoms with Gasteiger partial charge in [0, 0.05) is 16.8 Å². The molecule has 3 aromatic carbocycles. The van der Waals surface area contributed by atoms with E-state index in [4.69, 9.17) is 4.74 Å². The van der Waals surface area contributed by atoms with E-state index in [-0.39, 0.29) is 23.6 Å². The molecular formula is C23H20FNO3. The zero-order chi connectivity index (χ0) is 20.1. The summed E-state index contributed by atoms with van der Waals surface area (Å²) < 4.78 is 18.9. The number of amides is 1. The van der Waals surface area contributed by atoms with Crippen LogP contribution in [0.1, 0.15) is 46.2 Å². The third-order valence-corrected chi connectivity index (χ3v) is 4.30. The van der Waals surface area contributed by atoms with Crippen molar-refractivity contribution in [3.8, 4) is 5.75 Å². The van der Waals surface area contributed by atoms with Crippen LogP contribution in [-0.4, -0.2) is 11.7 Å². The number of ketones is 1. The Morgan fingerprint density at radius 3 is 2.25 bits per heavy atom. The predicted octanol–water partition coefficient (Wildman–Crippen LogP) is 5.42. The van der Waals surface area contributed by atoms with Gasteiger partial charge in [0.2, 0.25) is 0 Å². The smallest absolute Gasteiger partial charge is 0.255 e. The Labute approximate surface area is 163 Å². The van der Waals surface area contributed by atoms with Crippen molar-refractivity contribution in [1.29, 1.82) is 0 Å². The van der Waals surface area contributed by atoms with Gasteiger partial charge in [-0.3, -0.25) is 9.59 Å². The SMILES string of the molecule is CC(=O)c1ccc(NC(=O)c2cccc(O[C@@H](C)c3ccc(F)cc3)c2)cc1. The largest absolute Gasteiger partial charge is 0.486 e. The molecule has 0 unspecified atom stereocenters. The third kappa shape index (κ3) is 4.82. The van der Waals surface area contributed by atoms with Gasteiger partial charge >= 0.3 is 0 Å². The fourth-order valence-corrected chi connectivity index (χ4v) is 2.71. The van der Waals surface area contributed by atoms with Crippen LogP contribution in [0.3, 0.4) is 0 Å². The molecule has 0 aliphatic rings. The van der Waals surface area contributed by atoms with Crippen molar-refractivity contribution in [3.63, 3.8) is 0 Å². The number of ether oxygens (including phenoxy) is 1. The van der Waals surface area contributed by atoms with E-state index in [9.17, 15) is 14.0 Å². The molecule has 0 heterocycles. The van der Waals surface area contributed by atoms with E-state index in [1.54, 1.807) is 60.7 Å². The molecule has 0 saturated heterocycles. The zero-order valence-electron chi connectivity index (χ0n) is 15.6. The summed E-state index contributed by atoms with van der Waals surface area (Å²) in [6.45, 7) is 3.35. The number of benzene rings is 3.